The minimum Gasteiger partial charge on any atom is -0.478 e. The molecule has 7 nitrogen and oxygen atoms in total. The normalized spacial score (nSPS) is 13.9. The van der Waals surface area contributed by atoms with Crippen molar-refractivity contribution in [2.75, 3.05) is 18.0 Å². The number of anilines is 1. The Morgan fingerprint density at radius 2 is 1.77 bits per heavy atom. The molecule has 1 saturated heterocycles. The molecule has 1 N–H and O–H groups in total. The van der Waals surface area contributed by atoms with Crippen LogP contribution in [0, 0.1) is 12.7 Å². The number of fused-ring (bicyclic) bond motifs is 1. The first kappa shape index (κ1) is 28.3. The van der Waals surface area contributed by atoms with Crippen molar-refractivity contribution in [2.24, 2.45) is 0 Å². The number of carbonyl (C=O) groups is 2. The summed E-state index contributed by atoms with van der Waals surface area (Å²) in [6.45, 7) is 3.84. The van der Waals surface area contributed by atoms with Gasteiger partial charge in [0.25, 0.3) is 0 Å². The number of carboxylic acid groups (broad SMARTS) is 1. The number of hydrogen-bond donors (Lipinski definition) is 1. The molecule has 5 aromatic rings. The molecule has 1 aliphatic heterocycles. The zero-order chi connectivity index (χ0) is 29.9. The summed E-state index contributed by atoms with van der Waals surface area (Å²) in [5.74, 6) is -0.184. The number of aromatic carboxylic acids is 1. The molecule has 8 heteroatoms. The van der Waals surface area contributed by atoms with Crippen LogP contribution in [-0.2, 0) is 17.8 Å². The van der Waals surface area contributed by atoms with Crippen LogP contribution in [0.15, 0.2) is 89.5 Å². The van der Waals surface area contributed by atoms with Crippen LogP contribution >= 0.6 is 0 Å². The van der Waals surface area contributed by atoms with E-state index in [1.807, 2.05) is 49.4 Å². The Morgan fingerprint density at radius 3 is 2.51 bits per heavy atom. The van der Waals surface area contributed by atoms with Gasteiger partial charge in [-0.3, -0.25) is 4.79 Å². The first-order chi connectivity index (χ1) is 20.8. The number of halogens is 1. The Labute approximate surface area is 248 Å². The molecule has 1 aliphatic rings. The van der Waals surface area contributed by atoms with Gasteiger partial charge in [0.05, 0.1) is 18.3 Å². The Kier molecular flexibility index (Phi) is 8.03. The number of carbonyl (C=O) groups excluding carboxylic acids is 1. The van der Waals surface area contributed by atoms with Gasteiger partial charge in [-0.1, -0.05) is 36.4 Å². The lowest BCUT2D eigenvalue weighted by molar-refractivity contribution is 0.0250. The summed E-state index contributed by atoms with van der Waals surface area (Å²) in [6.07, 6.45) is 3.69. The Morgan fingerprint density at radius 1 is 0.977 bits per heavy atom. The number of pyridine rings is 1. The maximum atomic E-state index is 13.7. The van der Waals surface area contributed by atoms with Crippen LogP contribution in [0.1, 0.15) is 50.4 Å². The van der Waals surface area contributed by atoms with Crippen molar-refractivity contribution >= 4 is 28.5 Å². The van der Waals surface area contributed by atoms with Crippen LogP contribution in [0.5, 0.6) is 0 Å². The third-order valence-corrected chi connectivity index (χ3v) is 7.95. The van der Waals surface area contributed by atoms with Crippen molar-refractivity contribution in [2.45, 2.75) is 38.9 Å². The van der Waals surface area contributed by atoms with Crippen LogP contribution in [0.25, 0.3) is 22.1 Å². The van der Waals surface area contributed by atoms with Crippen molar-refractivity contribution in [3.05, 3.63) is 119 Å². The van der Waals surface area contributed by atoms with Gasteiger partial charge in [0.15, 0.2) is 5.76 Å². The highest BCUT2D eigenvalue weighted by atomic mass is 19.1. The van der Waals surface area contributed by atoms with Crippen LogP contribution in [0.2, 0.25) is 0 Å². The number of piperidine rings is 1. The predicted octanol–water partition coefficient (Wildman–Crippen LogP) is 7.25. The lowest BCUT2D eigenvalue weighted by Gasteiger charge is -2.32. The molecule has 3 aromatic carbocycles. The lowest BCUT2D eigenvalue weighted by atomic mass is 10.0. The summed E-state index contributed by atoms with van der Waals surface area (Å²) >= 11 is 0. The maximum Gasteiger partial charge on any atom is 0.335 e. The summed E-state index contributed by atoms with van der Waals surface area (Å²) in [4.78, 5) is 31.2. The largest absolute Gasteiger partial charge is 0.478 e. The molecule has 0 amide bonds. The zero-order valence-electron chi connectivity index (χ0n) is 23.8. The van der Waals surface area contributed by atoms with E-state index in [1.54, 1.807) is 30.5 Å². The number of ketones is 1. The number of aryl methyl sites for hydroxylation is 1. The minimum atomic E-state index is -0.944. The first-order valence-electron chi connectivity index (χ1n) is 14.3. The second-order valence-electron chi connectivity index (χ2n) is 10.9. The highest BCUT2D eigenvalue weighted by Gasteiger charge is 2.22. The summed E-state index contributed by atoms with van der Waals surface area (Å²) in [7, 11) is 0. The van der Waals surface area contributed by atoms with E-state index >= 15 is 0 Å². The van der Waals surface area contributed by atoms with E-state index in [1.165, 1.54) is 12.1 Å². The number of benzene rings is 3. The fourth-order valence-corrected chi connectivity index (χ4v) is 5.57. The number of Topliss-reactive ketones (excluding diaryl/α,β-unsaturated/α-hetero) is 1. The quantitative estimate of drug-likeness (QED) is 0.184. The molecular formula is C35H31FN2O5. The molecule has 1 fully saturated rings. The smallest absolute Gasteiger partial charge is 0.335 e. The maximum absolute atomic E-state index is 13.7. The number of carboxylic acids is 1. The first-order valence-corrected chi connectivity index (χ1v) is 14.3. The van der Waals surface area contributed by atoms with Crippen molar-refractivity contribution in [1.82, 2.24) is 4.98 Å². The van der Waals surface area contributed by atoms with Gasteiger partial charge in [-0.25, -0.2) is 14.2 Å². The van der Waals surface area contributed by atoms with E-state index in [0.717, 1.165) is 65.0 Å². The zero-order valence-corrected chi connectivity index (χ0v) is 23.8. The topological polar surface area (TPSA) is 92.9 Å². The Bertz CT molecular complexity index is 1790. The number of ether oxygens (including phenoxy) is 1. The van der Waals surface area contributed by atoms with Crippen molar-refractivity contribution in [1.29, 1.82) is 0 Å². The SMILES string of the molecule is Cc1c(C(=O)Cc2ccc(N3CCC(OCc4cccc(C(=O)O)c4)CC3)nc2)oc2ccc(-c3cccc(F)c3)cc12. The average molecular weight is 579 g/mol. The third kappa shape index (κ3) is 6.34. The molecular weight excluding hydrogens is 547 g/mol. The molecule has 218 valence electrons. The number of nitrogens with zero attached hydrogens (tertiary/aromatic N) is 2. The molecule has 2 aromatic heterocycles. The molecule has 0 radical (unpaired) electrons. The fraction of sp³-hybridized carbons (Fsp3) is 0.229. The van der Waals surface area contributed by atoms with Crippen LogP contribution in [0.4, 0.5) is 10.2 Å². The highest BCUT2D eigenvalue weighted by Crippen LogP contribution is 2.31. The van der Waals surface area contributed by atoms with Gasteiger partial charge in [-0.2, -0.15) is 0 Å². The predicted molar refractivity (Wildman–Crippen MR) is 162 cm³/mol. The molecule has 6 rings (SSSR count). The molecule has 3 heterocycles. The number of hydrogen-bond acceptors (Lipinski definition) is 6. The lowest BCUT2D eigenvalue weighted by Crippen LogP contribution is -2.37. The molecule has 0 saturated carbocycles. The minimum absolute atomic E-state index is 0.0959. The van der Waals surface area contributed by atoms with Crippen molar-refractivity contribution in [3.63, 3.8) is 0 Å². The van der Waals surface area contributed by atoms with Crippen LogP contribution in [-0.4, -0.2) is 41.0 Å². The van der Waals surface area contributed by atoms with E-state index in [0.29, 0.717) is 18.0 Å². The van der Waals surface area contributed by atoms with Gasteiger partial charge in [-0.15, -0.1) is 0 Å². The van der Waals surface area contributed by atoms with Crippen molar-refractivity contribution in [3.8, 4) is 11.1 Å². The van der Waals surface area contributed by atoms with Gasteiger partial charge in [-0.05, 0) is 84.5 Å². The number of furan rings is 1. The molecule has 43 heavy (non-hydrogen) atoms. The second kappa shape index (κ2) is 12.2. The molecule has 0 unspecified atom stereocenters. The number of aromatic nitrogens is 1. The van der Waals surface area contributed by atoms with E-state index < -0.39 is 5.97 Å². The van der Waals surface area contributed by atoms with E-state index in [-0.39, 0.29) is 29.7 Å². The summed E-state index contributed by atoms with van der Waals surface area (Å²) < 4.78 is 25.7. The second-order valence-corrected chi connectivity index (χ2v) is 10.9. The monoisotopic (exact) mass is 578 g/mol. The van der Waals surface area contributed by atoms with Crippen molar-refractivity contribution < 1.29 is 28.2 Å². The summed E-state index contributed by atoms with van der Waals surface area (Å²) in [5, 5.41) is 10.0. The van der Waals surface area contributed by atoms with E-state index in [2.05, 4.69) is 9.88 Å². The Hall–Kier alpha value is -4.82. The molecule has 0 bridgehead atoms. The average Bonchev–Trinajstić information content (AvgIpc) is 3.36. The number of rotatable bonds is 9. The van der Waals surface area contributed by atoms with Gasteiger partial charge in [0.2, 0.25) is 5.78 Å². The highest BCUT2D eigenvalue weighted by molar-refractivity contribution is 6.02. The summed E-state index contributed by atoms with van der Waals surface area (Å²) in [5.41, 5.74) is 4.92. The van der Waals surface area contributed by atoms with E-state index in [4.69, 9.17) is 9.15 Å². The molecule has 0 aliphatic carbocycles. The van der Waals surface area contributed by atoms with Gasteiger partial charge < -0.3 is 19.2 Å². The fourth-order valence-electron chi connectivity index (χ4n) is 5.57. The van der Waals surface area contributed by atoms with Crippen LogP contribution in [0.3, 0.4) is 0 Å². The molecule has 0 spiro atoms. The van der Waals surface area contributed by atoms with Gasteiger partial charge in [0.1, 0.15) is 17.2 Å². The van der Waals surface area contributed by atoms with Gasteiger partial charge in [0, 0.05) is 36.7 Å². The van der Waals surface area contributed by atoms with Crippen LogP contribution < -0.4 is 4.90 Å². The van der Waals surface area contributed by atoms with Gasteiger partial charge >= 0.3 is 5.97 Å². The summed E-state index contributed by atoms with van der Waals surface area (Å²) in [6, 6.07) is 22.7. The third-order valence-electron chi connectivity index (χ3n) is 7.95. The van der Waals surface area contributed by atoms with E-state index in [9.17, 15) is 19.1 Å². The standard InChI is InChI=1S/C35H31FN2O5/c1-22-30-19-26(25-5-3-7-28(36)18-25)9-10-32(30)43-34(22)31(39)17-23-8-11-33(37-20-23)38-14-12-29(13-15-38)42-21-24-4-2-6-27(16-24)35(40)41/h2-11,16,18-20,29H,12-15,17,21H2,1H3,(H,40,41). The Balaban J connectivity index is 1.05. The molecule has 0 atom stereocenters.